The van der Waals surface area contributed by atoms with Crippen LogP contribution in [0.1, 0.15) is 25.3 Å². The summed E-state index contributed by atoms with van der Waals surface area (Å²) in [6.07, 6.45) is 3.15. The number of piperazine rings is 1. The third-order valence-corrected chi connectivity index (χ3v) is 4.23. The molecule has 1 aromatic rings. The lowest BCUT2D eigenvalue weighted by Crippen LogP contribution is -2.52. The van der Waals surface area contributed by atoms with Crippen molar-refractivity contribution in [3.05, 3.63) is 16.6 Å². The fraction of sp³-hybridized carbons (Fsp3) is 0.750. The highest BCUT2D eigenvalue weighted by molar-refractivity contribution is 7.09. The minimum Gasteiger partial charge on any atom is -0.311 e. The molecule has 0 spiro atoms. The van der Waals surface area contributed by atoms with Crippen LogP contribution in [0, 0.1) is 5.92 Å². The molecule has 1 fully saturated rings. The molecule has 2 heterocycles. The van der Waals surface area contributed by atoms with Crippen molar-refractivity contribution in [2.45, 2.75) is 32.9 Å². The molecule has 1 saturated heterocycles. The van der Waals surface area contributed by atoms with E-state index in [1.54, 1.807) is 11.3 Å². The van der Waals surface area contributed by atoms with Crippen molar-refractivity contribution in [1.29, 1.82) is 0 Å². The van der Waals surface area contributed by atoms with E-state index in [1.807, 2.05) is 6.20 Å². The van der Waals surface area contributed by atoms with Crippen molar-refractivity contribution in [2.24, 2.45) is 5.92 Å². The summed E-state index contributed by atoms with van der Waals surface area (Å²) in [4.78, 5) is 6.88. The molecule has 1 aromatic heterocycles. The van der Waals surface area contributed by atoms with Gasteiger partial charge in [-0.3, -0.25) is 4.90 Å². The maximum Gasteiger partial charge on any atom is 0.107 e. The highest BCUT2D eigenvalue weighted by Gasteiger charge is 2.23. The van der Waals surface area contributed by atoms with E-state index in [0.29, 0.717) is 6.04 Å². The zero-order valence-electron chi connectivity index (χ0n) is 10.1. The topological polar surface area (TPSA) is 28.2 Å². The molecule has 1 aliphatic heterocycles. The Balaban J connectivity index is 1.87. The number of rotatable bonds is 4. The van der Waals surface area contributed by atoms with Crippen molar-refractivity contribution >= 4 is 11.3 Å². The Morgan fingerprint density at radius 2 is 2.56 bits per heavy atom. The molecule has 16 heavy (non-hydrogen) atoms. The summed E-state index contributed by atoms with van der Waals surface area (Å²) in [7, 11) is 0. The number of hydrogen-bond acceptors (Lipinski definition) is 4. The minimum absolute atomic E-state index is 0.652. The zero-order valence-corrected chi connectivity index (χ0v) is 11.0. The van der Waals surface area contributed by atoms with Gasteiger partial charge in [-0.15, -0.1) is 11.3 Å². The number of hydrogen-bond donors (Lipinski definition) is 1. The summed E-state index contributed by atoms with van der Waals surface area (Å²) in [6, 6.07) is 0.652. The summed E-state index contributed by atoms with van der Waals surface area (Å²) in [5, 5.41) is 6.92. The number of nitrogens with zero attached hydrogens (tertiary/aromatic N) is 2. The van der Waals surface area contributed by atoms with Gasteiger partial charge in [-0.1, -0.05) is 20.3 Å². The van der Waals surface area contributed by atoms with E-state index in [1.165, 1.54) is 11.4 Å². The van der Waals surface area contributed by atoms with Crippen molar-refractivity contribution in [2.75, 3.05) is 19.6 Å². The highest BCUT2D eigenvalue weighted by Crippen LogP contribution is 2.15. The summed E-state index contributed by atoms with van der Waals surface area (Å²) in [5.74, 6) is 0.763. The molecular formula is C12H21N3S. The molecule has 0 amide bonds. The first-order valence-corrected chi connectivity index (χ1v) is 7.01. The van der Waals surface area contributed by atoms with Crippen LogP contribution in [0.15, 0.2) is 11.6 Å². The van der Waals surface area contributed by atoms with Crippen LogP contribution in [0.4, 0.5) is 0 Å². The molecule has 3 nitrogen and oxygen atoms in total. The quantitative estimate of drug-likeness (QED) is 0.870. The van der Waals surface area contributed by atoms with Gasteiger partial charge in [0.05, 0.1) is 6.54 Å². The maximum atomic E-state index is 4.36. The van der Waals surface area contributed by atoms with E-state index in [0.717, 1.165) is 32.1 Å². The van der Waals surface area contributed by atoms with Crippen LogP contribution >= 0.6 is 11.3 Å². The van der Waals surface area contributed by atoms with E-state index in [2.05, 4.69) is 34.4 Å². The van der Waals surface area contributed by atoms with Crippen molar-refractivity contribution in [3.8, 4) is 0 Å². The van der Waals surface area contributed by atoms with Crippen LogP contribution in [0.3, 0.4) is 0 Å². The summed E-state index contributed by atoms with van der Waals surface area (Å²) < 4.78 is 0. The molecule has 0 aliphatic carbocycles. The maximum absolute atomic E-state index is 4.36. The molecular weight excluding hydrogens is 218 g/mol. The Morgan fingerprint density at radius 3 is 3.25 bits per heavy atom. The molecule has 0 bridgehead atoms. The van der Waals surface area contributed by atoms with Crippen molar-refractivity contribution in [1.82, 2.24) is 15.2 Å². The van der Waals surface area contributed by atoms with E-state index in [4.69, 9.17) is 0 Å². The lowest BCUT2D eigenvalue weighted by atomic mass is 9.97. The van der Waals surface area contributed by atoms with Gasteiger partial charge in [0.1, 0.15) is 5.01 Å². The molecule has 90 valence electrons. The predicted molar refractivity (Wildman–Crippen MR) is 68.6 cm³/mol. The van der Waals surface area contributed by atoms with Crippen LogP contribution in [-0.4, -0.2) is 35.6 Å². The Morgan fingerprint density at radius 1 is 1.69 bits per heavy atom. The second kappa shape index (κ2) is 5.75. The van der Waals surface area contributed by atoms with Gasteiger partial charge in [0.15, 0.2) is 0 Å². The zero-order chi connectivity index (χ0) is 11.4. The van der Waals surface area contributed by atoms with Gasteiger partial charge >= 0.3 is 0 Å². The average molecular weight is 239 g/mol. The van der Waals surface area contributed by atoms with Crippen molar-refractivity contribution < 1.29 is 0 Å². The Bertz CT molecular complexity index is 299. The van der Waals surface area contributed by atoms with Gasteiger partial charge < -0.3 is 5.32 Å². The van der Waals surface area contributed by atoms with Gasteiger partial charge in [0.25, 0.3) is 0 Å². The van der Waals surface area contributed by atoms with Crippen LogP contribution in [0.5, 0.6) is 0 Å². The monoisotopic (exact) mass is 239 g/mol. The van der Waals surface area contributed by atoms with E-state index in [9.17, 15) is 0 Å². The SMILES string of the molecule is CCC(C)C1CN(Cc2nccs2)CCN1. The number of thiazole rings is 1. The smallest absolute Gasteiger partial charge is 0.107 e. The molecule has 1 N–H and O–H groups in total. The number of aromatic nitrogens is 1. The van der Waals surface area contributed by atoms with Crippen LogP contribution in [0.2, 0.25) is 0 Å². The molecule has 4 heteroatoms. The minimum atomic E-state index is 0.652. The Kier molecular flexibility index (Phi) is 4.32. The molecule has 0 radical (unpaired) electrons. The lowest BCUT2D eigenvalue weighted by molar-refractivity contribution is 0.162. The molecule has 2 rings (SSSR count). The third-order valence-electron chi connectivity index (χ3n) is 3.46. The number of nitrogens with one attached hydrogen (secondary N) is 1. The summed E-state index contributed by atoms with van der Waals surface area (Å²) in [6.45, 7) is 9.05. The van der Waals surface area contributed by atoms with Crippen molar-refractivity contribution in [3.63, 3.8) is 0 Å². The first kappa shape index (κ1) is 12.0. The second-order valence-electron chi connectivity index (χ2n) is 4.61. The lowest BCUT2D eigenvalue weighted by Gasteiger charge is -2.36. The molecule has 0 saturated carbocycles. The predicted octanol–water partition coefficient (Wildman–Crippen LogP) is 1.96. The standard InChI is InChI=1S/C12H21N3S/c1-3-10(2)11-8-15(6-4-13-11)9-12-14-5-7-16-12/h5,7,10-11,13H,3-4,6,8-9H2,1-2H3. The second-order valence-corrected chi connectivity index (χ2v) is 5.59. The average Bonchev–Trinajstić information content (AvgIpc) is 2.81. The fourth-order valence-corrected chi connectivity index (χ4v) is 2.83. The normalized spacial score (nSPS) is 24.5. The first-order valence-electron chi connectivity index (χ1n) is 6.13. The summed E-state index contributed by atoms with van der Waals surface area (Å²) >= 11 is 1.76. The molecule has 1 aliphatic rings. The molecule has 2 atom stereocenters. The Labute approximate surface area is 102 Å². The molecule has 2 unspecified atom stereocenters. The molecule has 0 aromatic carbocycles. The van der Waals surface area contributed by atoms with Crippen LogP contribution in [0.25, 0.3) is 0 Å². The van der Waals surface area contributed by atoms with Crippen LogP contribution < -0.4 is 5.32 Å². The van der Waals surface area contributed by atoms with E-state index >= 15 is 0 Å². The van der Waals surface area contributed by atoms with Gasteiger partial charge in [-0.25, -0.2) is 4.98 Å². The van der Waals surface area contributed by atoms with Gasteiger partial charge in [-0.05, 0) is 5.92 Å². The largest absolute Gasteiger partial charge is 0.311 e. The van der Waals surface area contributed by atoms with Gasteiger partial charge in [-0.2, -0.15) is 0 Å². The summed E-state index contributed by atoms with van der Waals surface area (Å²) in [5.41, 5.74) is 0. The van der Waals surface area contributed by atoms with E-state index in [-0.39, 0.29) is 0 Å². The Hall–Kier alpha value is -0.450. The van der Waals surface area contributed by atoms with E-state index < -0.39 is 0 Å². The first-order chi connectivity index (χ1) is 7.79. The van der Waals surface area contributed by atoms with Gasteiger partial charge in [0, 0.05) is 37.3 Å². The highest BCUT2D eigenvalue weighted by atomic mass is 32.1. The van der Waals surface area contributed by atoms with Gasteiger partial charge in [0.2, 0.25) is 0 Å². The third kappa shape index (κ3) is 3.03. The fourth-order valence-electron chi connectivity index (χ4n) is 2.17. The van der Waals surface area contributed by atoms with Crippen LogP contribution in [-0.2, 0) is 6.54 Å².